The number of hydrogen-bond acceptors (Lipinski definition) is 6. The molecule has 0 aliphatic heterocycles. The largest absolute Gasteiger partial charge is 0.322 e. The molecule has 0 saturated heterocycles. The quantitative estimate of drug-likeness (QED) is 0.430. The fraction of sp³-hybridized carbons (Fsp3) is 0.273. The molecule has 0 spiro atoms. The van der Waals surface area contributed by atoms with Crippen LogP contribution in [-0.4, -0.2) is 27.5 Å². The molecule has 0 bridgehead atoms. The summed E-state index contributed by atoms with van der Waals surface area (Å²) >= 11 is 2.80. The van der Waals surface area contributed by atoms with Crippen LogP contribution in [0.4, 0.5) is 10.7 Å². The summed E-state index contributed by atoms with van der Waals surface area (Å²) < 4.78 is 0. The molecule has 2 amide bonds. The van der Waals surface area contributed by atoms with E-state index in [4.69, 9.17) is 0 Å². The van der Waals surface area contributed by atoms with Crippen molar-refractivity contribution in [3.8, 4) is 0 Å². The minimum absolute atomic E-state index is 0.169. The molecule has 0 unspecified atom stereocenters. The highest BCUT2D eigenvalue weighted by atomic mass is 32.2. The van der Waals surface area contributed by atoms with Crippen molar-refractivity contribution in [3.05, 3.63) is 64.3 Å². The predicted molar refractivity (Wildman–Crippen MR) is 121 cm³/mol. The van der Waals surface area contributed by atoms with E-state index in [1.165, 1.54) is 28.0 Å². The third-order valence-corrected chi connectivity index (χ3v) is 6.86. The zero-order valence-electron chi connectivity index (χ0n) is 16.6. The summed E-state index contributed by atoms with van der Waals surface area (Å²) in [5.74, 6) is -0.158. The van der Waals surface area contributed by atoms with Gasteiger partial charge < -0.3 is 10.6 Å². The molecule has 2 aromatic heterocycles. The molecule has 0 radical (unpaired) electrons. The standard InChI is InChI=1S/C22H22N4O2S2/c1-14-11-12-23-22(24-14)29-13-18(27)26-21-19(16-9-5-6-10-17(16)30-21)20(28)25-15-7-3-2-4-8-15/h2-4,7-8,11-12H,5-6,9-10,13H2,1H3,(H,25,28)(H,26,27). The Hall–Kier alpha value is -2.71. The van der Waals surface area contributed by atoms with E-state index in [1.54, 1.807) is 6.20 Å². The van der Waals surface area contributed by atoms with E-state index >= 15 is 0 Å². The van der Waals surface area contributed by atoms with Crippen molar-refractivity contribution in [3.63, 3.8) is 0 Å². The highest BCUT2D eigenvalue weighted by Gasteiger charge is 2.26. The van der Waals surface area contributed by atoms with E-state index in [2.05, 4.69) is 20.6 Å². The second kappa shape index (κ2) is 9.40. The molecular weight excluding hydrogens is 416 g/mol. The summed E-state index contributed by atoms with van der Waals surface area (Å²) in [6.07, 6.45) is 5.67. The second-order valence-electron chi connectivity index (χ2n) is 7.05. The number of nitrogens with one attached hydrogen (secondary N) is 2. The number of thiophene rings is 1. The number of carbonyl (C=O) groups excluding carboxylic acids is 2. The molecule has 0 fully saturated rings. The summed E-state index contributed by atoms with van der Waals surface area (Å²) in [4.78, 5) is 35.4. The number of aryl methyl sites for hydroxylation is 2. The van der Waals surface area contributed by atoms with Gasteiger partial charge in [0.15, 0.2) is 5.16 Å². The SMILES string of the molecule is Cc1ccnc(SCC(=O)Nc2sc3c(c2C(=O)Nc2ccccc2)CCCC3)n1. The van der Waals surface area contributed by atoms with E-state index in [0.29, 0.717) is 15.7 Å². The number of thioether (sulfide) groups is 1. The summed E-state index contributed by atoms with van der Waals surface area (Å²) in [5.41, 5.74) is 3.27. The Labute approximate surface area is 183 Å². The van der Waals surface area contributed by atoms with Gasteiger partial charge in [-0.05, 0) is 56.4 Å². The van der Waals surface area contributed by atoms with Crippen LogP contribution in [0.2, 0.25) is 0 Å². The van der Waals surface area contributed by atoms with E-state index in [9.17, 15) is 9.59 Å². The molecule has 154 valence electrons. The molecule has 1 aliphatic rings. The minimum Gasteiger partial charge on any atom is -0.322 e. The molecular formula is C22H22N4O2S2. The number of para-hydroxylation sites is 1. The van der Waals surface area contributed by atoms with Crippen molar-refractivity contribution in [2.24, 2.45) is 0 Å². The number of hydrogen-bond donors (Lipinski definition) is 2. The van der Waals surface area contributed by atoms with Gasteiger partial charge >= 0.3 is 0 Å². The van der Waals surface area contributed by atoms with E-state index < -0.39 is 0 Å². The molecule has 2 N–H and O–H groups in total. The van der Waals surface area contributed by atoms with E-state index in [1.807, 2.05) is 43.3 Å². The Bertz CT molecular complexity index is 1070. The van der Waals surface area contributed by atoms with Crippen molar-refractivity contribution in [2.45, 2.75) is 37.8 Å². The summed E-state index contributed by atoms with van der Waals surface area (Å²) in [5, 5.41) is 7.12. The molecule has 3 aromatic rings. The van der Waals surface area contributed by atoms with Gasteiger partial charge in [0.05, 0.1) is 11.3 Å². The van der Waals surface area contributed by atoms with Crippen molar-refractivity contribution in [1.29, 1.82) is 0 Å². The fourth-order valence-corrected chi connectivity index (χ4v) is 5.38. The topological polar surface area (TPSA) is 84.0 Å². The Kier molecular flexibility index (Phi) is 6.44. The van der Waals surface area contributed by atoms with E-state index in [0.717, 1.165) is 42.6 Å². The van der Waals surface area contributed by atoms with Crippen LogP contribution in [0.15, 0.2) is 47.8 Å². The van der Waals surface area contributed by atoms with Crippen LogP contribution in [0.25, 0.3) is 0 Å². The summed E-state index contributed by atoms with van der Waals surface area (Å²) in [7, 11) is 0. The molecule has 4 rings (SSSR count). The average molecular weight is 439 g/mol. The maximum atomic E-state index is 13.1. The summed E-state index contributed by atoms with van der Waals surface area (Å²) in [6, 6.07) is 11.2. The van der Waals surface area contributed by atoms with Gasteiger partial charge in [0.25, 0.3) is 5.91 Å². The second-order valence-corrected chi connectivity index (χ2v) is 9.10. The fourth-order valence-electron chi connectivity index (χ4n) is 3.40. The number of carbonyl (C=O) groups is 2. The third kappa shape index (κ3) is 4.88. The molecule has 1 aliphatic carbocycles. The highest BCUT2D eigenvalue weighted by Crippen LogP contribution is 2.38. The highest BCUT2D eigenvalue weighted by molar-refractivity contribution is 7.99. The Morgan fingerprint density at radius 1 is 1.10 bits per heavy atom. The first-order valence-corrected chi connectivity index (χ1v) is 11.6. The predicted octanol–water partition coefficient (Wildman–Crippen LogP) is 4.71. The lowest BCUT2D eigenvalue weighted by Crippen LogP contribution is -2.19. The molecule has 8 heteroatoms. The van der Waals surface area contributed by atoms with Crippen molar-refractivity contribution in [1.82, 2.24) is 9.97 Å². The van der Waals surface area contributed by atoms with E-state index in [-0.39, 0.29) is 17.6 Å². The molecule has 2 heterocycles. The van der Waals surface area contributed by atoms with Gasteiger partial charge in [-0.25, -0.2) is 9.97 Å². The molecule has 1 aromatic carbocycles. The van der Waals surface area contributed by atoms with Crippen molar-refractivity contribution in [2.75, 3.05) is 16.4 Å². The lowest BCUT2D eigenvalue weighted by molar-refractivity contribution is -0.113. The zero-order valence-corrected chi connectivity index (χ0v) is 18.2. The normalized spacial score (nSPS) is 12.8. The Morgan fingerprint density at radius 3 is 2.70 bits per heavy atom. The third-order valence-electron chi connectivity index (χ3n) is 4.79. The van der Waals surface area contributed by atoms with Gasteiger partial charge in [-0.3, -0.25) is 9.59 Å². The van der Waals surface area contributed by atoms with Crippen LogP contribution in [0.3, 0.4) is 0 Å². The number of anilines is 2. The average Bonchev–Trinajstić information content (AvgIpc) is 3.11. The Morgan fingerprint density at radius 2 is 1.90 bits per heavy atom. The number of amides is 2. The molecule has 0 saturated carbocycles. The molecule has 30 heavy (non-hydrogen) atoms. The summed E-state index contributed by atoms with van der Waals surface area (Å²) in [6.45, 7) is 1.89. The Balaban J connectivity index is 1.51. The number of benzene rings is 1. The van der Waals surface area contributed by atoms with Crippen molar-refractivity contribution >= 4 is 45.6 Å². The van der Waals surface area contributed by atoms with Crippen LogP contribution >= 0.6 is 23.1 Å². The number of aromatic nitrogens is 2. The lowest BCUT2D eigenvalue weighted by Gasteiger charge is -2.13. The first-order chi connectivity index (χ1) is 14.6. The maximum Gasteiger partial charge on any atom is 0.258 e. The monoisotopic (exact) mass is 438 g/mol. The van der Waals surface area contributed by atoms with Crippen LogP contribution in [0.5, 0.6) is 0 Å². The number of rotatable bonds is 6. The first kappa shape index (κ1) is 20.6. The molecule has 0 atom stereocenters. The lowest BCUT2D eigenvalue weighted by atomic mass is 9.95. The number of fused-ring (bicyclic) bond motifs is 1. The zero-order chi connectivity index (χ0) is 20.9. The van der Waals surface area contributed by atoms with Crippen molar-refractivity contribution < 1.29 is 9.59 Å². The maximum absolute atomic E-state index is 13.1. The van der Waals surface area contributed by atoms with Gasteiger partial charge in [-0.2, -0.15) is 0 Å². The van der Waals surface area contributed by atoms with Gasteiger partial charge in [0, 0.05) is 22.5 Å². The molecule has 6 nitrogen and oxygen atoms in total. The first-order valence-electron chi connectivity index (χ1n) is 9.83. The van der Waals surface area contributed by atoms with Gasteiger partial charge in [-0.1, -0.05) is 30.0 Å². The number of nitrogens with zero attached hydrogens (tertiary/aromatic N) is 2. The smallest absolute Gasteiger partial charge is 0.258 e. The van der Waals surface area contributed by atoms with Gasteiger partial charge in [0.2, 0.25) is 5.91 Å². The van der Waals surface area contributed by atoms with Crippen LogP contribution in [0.1, 0.15) is 39.3 Å². The van der Waals surface area contributed by atoms with Crippen LogP contribution < -0.4 is 10.6 Å². The van der Waals surface area contributed by atoms with Crippen LogP contribution in [0, 0.1) is 6.92 Å². The minimum atomic E-state index is -0.175. The van der Waals surface area contributed by atoms with Gasteiger partial charge in [0.1, 0.15) is 5.00 Å². The van der Waals surface area contributed by atoms with Gasteiger partial charge in [-0.15, -0.1) is 11.3 Å². The van der Waals surface area contributed by atoms with Crippen LogP contribution in [-0.2, 0) is 17.6 Å².